The van der Waals surface area contributed by atoms with E-state index in [0.717, 1.165) is 12.8 Å². The maximum atomic E-state index is 14.7. The zero-order chi connectivity index (χ0) is 23.6. The summed E-state index contributed by atoms with van der Waals surface area (Å²) in [6.45, 7) is 1.95. The van der Waals surface area contributed by atoms with Gasteiger partial charge in [0.25, 0.3) is 5.91 Å². The molecule has 2 heterocycles. The van der Waals surface area contributed by atoms with Crippen LogP contribution in [-0.4, -0.2) is 39.7 Å². The lowest BCUT2D eigenvalue weighted by Gasteiger charge is -2.34. The van der Waals surface area contributed by atoms with Crippen molar-refractivity contribution in [3.05, 3.63) is 59.9 Å². The van der Waals surface area contributed by atoms with E-state index in [1.807, 2.05) is 4.90 Å². The zero-order valence-corrected chi connectivity index (χ0v) is 18.8. The summed E-state index contributed by atoms with van der Waals surface area (Å²) in [5.41, 5.74) is 7.79. The number of hydrogen-bond donors (Lipinski definition) is 3. The van der Waals surface area contributed by atoms with Crippen LogP contribution >= 0.6 is 0 Å². The Balaban J connectivity index is 1.52. The Kier molecular flexibility index (Phi) is 6.59. The first-order valence-electron chi connectivity index (χ1n) is 10.7. The largest absolute Gasteiger partial charge is 0.367 e. The number of hydrogen-bond acceptors (Lipinski definition) is 6. The number of allylic oxidation sites excluding steroid dienone is 1. The summed E-state index contributed by atoms with van der Waals surface area (Å²) >= 11 is 0. The second kappa shape index (κ2) is 9.42. The fourth-order valence-electron chi connectivity index (χ4n) is 4.11. The number of carbonyl (C=O) groups is 1. The van der Waals surface area contributed by atoms with Gasteiger partial charge in [-0.2, -0.15) is 0 Å². The summed E-state index contributed by atoms with van der Waals surface area (Å²) in [6.07, 6.45) is 3.75. The summed E-state index contributed by atoms with van der Waals surface area (Å²) in [7, 11) is -3.85. The number of para-hydroxylation sites is 1. The van der Waals surface area contributed by atoms with E-state index >= 15 is 0 Å². The van der Waals surface area contributed by atoms with Gasteiger partial charge in [0.15, 0.2) is 0 Å². The van der Waals surface area contributed by atoms with Gasteiger partial charge in [0.1, 0.15) is 11.5 Å². The maximum absolute atomic E-state index is 14.7. The quantitative estimate of drug-likeness (QED) is 0.596. The number of benzene rings is 2. The van der Waals surface area contributed by atoms with Gasteiger partial charge >= 0.3 is 0 Å². The molecule has 2 aliphatic heterocycles. The van der Waals surface area contributed by atoms with Crippen molar-refractivity contribution >= 4 is 38.7 Å². The van der Waals surface area contributed by atoms with Gasteiger partial charge in [0, 0.05) is 25.1 Å². The number of nitrogens with two attached hydrogens (primary N) is 2. The first-order valence-corrected chi connectivity index (χ1v) is 12.3. The summed E-state index contributed by atoms with van der Waals surface area (Å²) in [5, 5.41) is 8.00. The van der Waals surface area contributed by atoms with Gasteiger partial charge in [-0.25, -0.2) is 22.9 Å². The van der Waals surface area contributed by atoms with Crippen LogP contribution in [0, 0.1) is 11.7 Å². The number of primary sulfonamides is 1. The zero-order valence-electron chi connectivity index (χ0n) is 18.0. The van der Waals surface area contributed by atoms with Crippen LogP contribution in [0.2, 0.25) is 0 Å². The minimum absolute atomic E-state index is 0.0307. The lowest BCUT2D eigenvalue weighted by atomic mass is 9.96. The molecule has 10 heteroatoms. The number of aliphatic imine (C=N–C) groups is 1. The summed E-state index contributed by atoms with van der Waals surface area (Å²) in [6, 6.07) is 10.7. The van der Waals surface area contributed by atoms with Gasteiger partial charge in [-0.05, 0) is 49.6 Å². The molecule has 2 aliphatic rings. The first kappa shape index (κ1) is 23.1. The number of nitrogens with one attached hydrogen (secondary N) is 1. The number of nitrogens with zero attached hydrogens (tertiary/aromatic N) is 2. The SMILES string of the molecule is NCC1CCN(c2c(F)cccc2NC(=O)C2=NC(c3cccc(S(N)(=O)=O)c3)=CC2)CC1. The minimum atomic E-state index is -3.85. The molecule has 0 spiro atoms. The average molecular weight is 472 g/mol. The van der Waals surface area contributed by atoms with E-state index < -0.39 is 21.7 Å². The van der Waals surface area contributed by atoms with Crippen LogP contribution in [0.15, 0.2) is 58.4 Å². The van der Waals surface area contributed by atoms with Crippen molar-refractivity contribution in [1.29, 1.82) is 0 Å². The molecular formula is C23H26FN5O3S. The van der Waals surface area contributed by atoms with Crippen molar-refractivity contribution < 1.29 is 17.6 Å². The summed E-state index contributed by atoms with van der Waals surface area (Å²) in [4.78, 5) is 19.2. The molecule has 0 saturated carbocycles. The highest BCUT2D eigenvalue weighted by Gasteiger charge is 2.25. The van der Waals surface area contributed by atoms with Crippen LogP contribution in [0.4, 0.5) is 15.8 Å². The Morgan fingerprint density at radius 3 is 2.61 bits per heavy atom. The van der Waals surface area contributed by atoms with Gasteiger partial charge in [-0.3, -0.25) is 4.79 Å². The highest BCUT2D eigenvalue weighted by Crippen LogP contribution is 2.33. The highest BCUT2D eigenvalue weighted by atomic mass is 32.2. The van der Waals surface area contributed by atoms with E-state index in [2.05, 4.69) is 10.3 Å². The first-order chi connectivity index (χ1) is 15.8. The van der Waals surface area contributed by atoms with Crippen LogP contribution in [-0.2, 0) is 14.8 Å². The van der Waals surface area contributed by atoms with Crippen LogP contribution in [0.3, 0.4) is 0 Å². The molecule has 1 fully saturated rings. The van der Waals surface area contributed by atoms with Crippen LogP contribution in [0.25, 0.3) is 5.70 Å². The molecule has 33 heavy (non-hydrogen) atoms. The number of carbonyl (C=O) groups excluding carboxylic acids is 1. The molecule has 0 radical (unpaired) electrons. The van der Waals surface area contributed by atoms with E-state index in [1.54, 1.807) is 30.3 Å². The van der Waals surface area contributed by atoms with Crippen molar-refractivity contribution in [2.24, 2.45) is 21.8 Å². The lowest BCUT2D eigenvalue weighted by Crippen LogP contribution is -2.37. The molecule has 0 atom stereocenters. The molecule has 0 bridgehead atoms. The fraction of sp³-hybridized carbons (Fsp3) is 0.304. The molecule has 0 unspecified atom stereocenters. The van der Waals surface area contributed by atoms with Crippen molar-refractivity contribution in [1.82, 2.24) is 0 Å². The fourth-order valence-corrected chi connectivity index (χ4v) is 4.67. The molecule has 0 aliphatic carbocycles. The molecular weight excluding hydrogens is 445 g/mol. The van der Waals surface area contributed by atoms with Crippen LogP contribution < -0.4 is 21.1 Å². The van der Waals surface area contributed by atoms with Gasteiger partial charge in [0.2, 0.25) is 10.0 Å². The normalized spacial score (nSPS) is 17.0. The summed E-state index contributed by atoms with van der Waals surface area (Å²) in [5.74, 6) is -0.408. The van der Waals surface area contributed by atoms with Gasteiger partial charge < -0.3 is 16.0 Å². The number of halogens is 1. The molecule has 4 rings (SSSR count). The predicted octanol–water partition coefficient (Wildman–Crippen LogP) is 2.47. The number of amides is 1. The molecule has 8 nitrogen and oxygen atoms in total. The topological polar surface area (TPSA) is 131 Å². The third-order valence-electron chi connectivity index (χ3n) is 5.96. The minimum Gasteiger partial charge on any atom is -0.367 e. The molecule has 174 valence electrons. The number of anilines is 2. The predicted molar refractivity (Wildman–Crippen MR) is 127 cm³/mol. The van der Waals surface area contributed by atoms with E-state index in [4.69, 9.17) is 10.9 Å². The molecule has 2 aromatic carbocycles. The number of sulfonamides is 1. The lowest BCUT2D eigenvalue weighted by molar-refractivity contribution is -0.110. The van der Waals surface area contributed by atoms with Crippen molar-refractivity contribution in [3.8, 4) is 0 Å². The van der Waals surface area contributed by atoms with E-state index in [0.29, 0.717) is 48.2 Å². The molecule has 1 saturated heterocycles. The van der Waals surface area contributed by atoms with Crippen molar-refractivity contribution in [2.45, 2.75) is 24.2 Å². The molecule has 1 amide bonds. The van der Waals surface area contributed by atoms with E-state index in [1.165, 1.54) is 18.2 Å². The van der Waals surface area contributed by atoms with Gasteiger partial charge in [0.05, 0.1) is 22.0 Å². The van der Waals surface area contributed by atoms with Crippen molar-refractivity contribution in [2.75, 3.05) is 29.9 Å². The molecule has 0 aromatic heterocycles. The Bertz CT molecular complexity index is 1230. The van der Waals surface area contributed by atoms with Gasteiger partial charge in [-0.15, -0.1) is 0 Å². The van der Waals surface area contributed by atoms with Crippen LogP contribution in [0.5, 0.6) is 0 Å². The Hall–Kier alpha value is -3.08. The Morgan fingerprint density at radius 2 is 1.91 bits per heavy atom. The maximum Gasteiger partial charge on any atom is 0.270 e. The smallest absolute Gasteiger partial charge is 0.270 e. The molecule has 5 N–H and O–H groups in total. The second-order valence-corrected chi connectivity index (χ2v) is 9.74. The average Bonchev–Trinajstić information content (AvgIpc) is 3.30. The van der Waals surface area contributed by atoms with Gasteiger partial charge in [-0.1, -0.05) is 24.3 Å². The van der Waals surface area contributed by atoms with Crippen LogP contribution in [0.1, 0.15) is 24.8 Å². The second-order valence-electron chi connectivity index (χ2n) is 8.18. The molecule has 2 aromatic rings. The third kappa shape index (κ3) is 5.13. The van der Waals surface area contributed by atoms with E-state index in [-0.39, 0.29) is 17.0 Å². The Labute approximate surface area is 192 Å². The van der Waals surface area contributed by atoms with E-state index in [9.17, 15) is 17.6 Å². The third-order valence-corrected chi connectivity index (χ3v) is 6.87. The number of rotatable bonds is 6. The summed E-state index contributed by atoms with van der Waals surface area (Å²) < 4.78 is 38.0. The Morgan fingerprint density at radius 1 is 1.18 bits per heavy atom. The highest BCUT2D eigenvalue weighted by molar-refractivity contribution is 7.89. The standard InChI is InChI=1S/C23H26FN5O3S/c24-18-5-2-6-20(22(18)29-11-9-15(14-25)10-12-29)28-23(30)21-8-7-19(27-21)16-3-1-4-17(13-16)33(26,31)32/h1-7,13,15H,8-12,14,25H2,(H,28,30)(H2,26,31,32). The number of piperidine rings is 1. The van der Waals surface area contributed by atoms with Crippen molar-refractivity contribution in [3.63, 3.8) is 0 Å². The monoisotopic (exact) mass is 471 g/mol.